The summed E-state index contributed by atoms with van der Waals surface area (Å²) in [4.78, 5) is 1.75. The van der Waals surface area contributed by atoms with Crippen LogP contribution in [0.4, 0.5) is 27.6 Å². The third kappa shape index (κ3) is 6.97. The second kappa shape index (κ2) is 11.7. The Balaban J connectivity index is 1.90. The Morgan fingerprint density at radius 1 is 0.833 bits per heavy atom. The van der Waals surface area contributed by atoms with E-state index in [1.807, 2.05) is 38.1 Å². The molecule has 0 saturated carbocycles. The predicted molar refractivity (Wildman–Crippen MR) is 131 cm³/mol. The van der Waals surface area contributed by atoms with Crippen LogP contribution in [0, 0.1) is 0 Å². The lowest BCUT2D eigenvalue weighted by molar-refractivity contribution is -0.289. The van der Waals surface area contributed by atoms with Gasteiger partial charge in [0.15, 0.2) is 0 Å². The highest BCUT2D eigenvalue weighted by Gasteiger charge is 2.58. The second-order valence-electron chi connectivity index (χ2n) is 8.70. The Bertz CT molecular complexity index is 1130. The van der Waals surface area contributed by atoms with Crippen molar-refractivity contribution in [1.82, 2.24) is 0 Å². The molecule has 0 aliphatic rings. The molecule has 0 radical (unpaired) electrons. The topological polar surface area (TPSA) is 32.7 Å². The van der Waals surface area contributed by atoms with Crippen molar-refractivity contribution < 1.29 is 31.8 Å². The van der Waals surface area contributed by atoms with E-state index in [1.165, 1.54) is 12.1 Å². The molecule has 0 bridgehead atoms. The van der Waals surface area contributed by atoms with Crippen molar-refractivity contribution >= 4 is 5.69 Å². The van der Waals surface area contributed by atoms with Gasteiger partial charge in [0.1, 0.15) is 11.5 Å². The van der Waals surface area contributed by atoms with Gasteiger partial charge in [-0.3, -0.25) is 0 Å². The maximum atomic E-state index is 13.9. The fourth-order valence-electron chi connectivity index (χ4n) is 3.90. The Hall–Kier alpha value is -3.13. The Morgan fingerprint density at radius 3 is 2.14 bits per heavy atom. The lowest BCUT2D eigenvalue weighted by atomic mass is 10.0. The molecule has 0 aliphatic heterocycles. The van der Waals surface area contributed by atoms with E-state index < -0.39 is 23.8 Å². The maximum Gasteiger partial charge on any atom is 0.458 e. The van der Waals surface area contributed by atoms with Crippen molar-refractivity contribution in [2.24, 2.45) is 0 Å². The van der Waals surface area contributed by atoms with E-state index in [0.29, 0.717) is 23.6 Å². The fourth-order valence-corrected chi connectivity index (χ4v) is 3.90. The first kappa shape index (κ1) is 27.5. The molecule has 0 aromatic heterocycles. The molecule has 0 spiro atoms. The van der Waals surface area contributed by atoms with Gasteiger partial charge in [-0.1, -0.05) is 56.7 Å². The first-order chi connectivity index (χ1) is 17.0. The summed E-state index contributed by atoms with van der Waals surface area (Å²) in [5.41, 5.74) is 0.905. The highest BCUT2D eigenvalue weighted by molar-refractivity contribution is 5.52. The van der Waals surface area contributed by atoms with Gasteiger partial charge < -0.3 is 14.7 Å². The number of halogens is 5. The zero-order valence-electron chi connectivity index (χ0n) is 20.2. The van der Waals surface area contributed by atoms with Gasteiger partial charge in [0.05, 0.1) is 6.10 Å². The van der Waals surface area contributed by atoms with Gasteiger partial charge in [0.2, 0.25) is 0 Å². The quantitative estimate of drug-likeness (QED) is 0.268. The summed E-state index contributed by atoms with van der Waals surface area (Å²) in [6, 6.07) is 19.0. The minimum absolute atomic E-state index is 0.0251. The van der Waals surface area contributed by atoms with E-state index in [2.05, 4.69) is 0 Å². The molecule has 3 aromatic carbocycles. The molecule has 3 rings (SSSR count). The van der Waals surface area contributed by atoms with Crippen molar-refractivity contribution in [3.8, 4) is 11.5 Å². The van der Waals surface area contributed by atoms with E-state index >= 15 is 0 Å². The van der Waals surface area contributed by atoms with Crippen LogP contribution in [0.2, 0.25) is 0 Å². The maximum absolute atomic E-state index is 13.9. The molecule has 3 aromatic rings. The number of anilines is 1. The molecule has 8 heteroatoms. The number of nitrogens with zero attached hydrogens (tertiary/aromatic N) is 1. The van der Waals surface area contributed by atoms with Crippen molar-refractivity contribution in [3.05, 3.63) is 89.5 Å². The minimum Gasteiger partial charge on any atom is -0.457 e. The first-order valence-electron chi connectivity index (χ1n) is 11.9. The number of hydrogen-bond acceptors (Lipinski definition) is 3. The van der Waals surface area contributed by atoms with E-state index in [-0.39, 0.29) is 18.7 Å². The van der Waals surface area contributed by atoms with E-state index in [4.69, 9.17) is 4.74 Å². The van der Waals surface area contributed by atoms with E-state index in [1.54, 1.807) is 29.2 Å². The van der Waals surface area contributed by atoms with Gasteiger partial charge in [0.25, 0.3) is 0 Å². The van der Waals surface area contributed by atoms with Gasteiger partial charge in [-0.15, -0.1) is 0 Å². The Morgan fingerprint density at radius 2 is 1.47 bits per heavy atom. The average Bonchev–Trinajstić information content (AvgIpc) is 2.83. The molecule has 0 aliphatic carbocycles. The number of aliphatic hydroxyl groups excluding tert-OH is 1. The molecule has 1 unspecified atom stereocenters. The van der Waals surface area contributed by atoms with Crippen LogP contribution in [0.15, 0.2) is 72.8 Å². The summed E-state index contributed by atoms with van der Waals surface area (Å²) in [5, 5.41) is 10.5. The molecule has 194 valence electrons. The Kier molecular flexibility index (Phi) is 8.95. The summed E-state index contributed by atoms with van der Waals surface area (Å²) in [6.45, 7) is 4.16. The van der Waals surface area contributed by atoms with Crippen LogP contribution in [0.3, 0.4) is 0 Å². The molecule has 0 saturated heterocycles. The number of hydrogen-bond donors (Lipinski definition) is 1. The molecular weight excluding hydrogens is 477 g/mol. The summed E-state index contributed by atoms with van der Waals surface area (Å²) >= 11 is 0. The number of aliphatic hydroxyl groups is 1. The van der Waals surface area contributed by atoms with Crippen LogP contribution in [-0.2, 0) is 18.9 Å². The fraction of sp³-hybridized carbons (Fsp3) is 0.357. The molecule has 0 amide bonds. The summed E-state index contributed by atoms with van der Waals surface area (Å²) in [5.74, 6) is -3.77. The minimum atomic E-state index is -5.69. The van der Waals surface area contributed by atoms with Crippen LogP contribution in [0.25, 0.3) is 0 Å². The van der Waals surface area contributed by atoms with Crippen LogP contribution in [0.1, 0.15) is 43.4 Å². The molecule has 0 heterocycles. The van der Waals surface area contributed by atoms with Crippen molar-refractivity contribution in [2.75, 3.05) is 11.4 Å². The van der Waals surface area contributed by atoms with Gasteiger partial charge in [-0.2, -0.15) is 22.0 Å². The second-order valence-corrected chi connectivity index (χ2v) is 8.70. The third-order valence-electron chi connectivity index (χ3n) is 5.80. The number of benzene rings is 3. The van der Waals surface area contributed by atoms with Crippen molar-refractivity contribution in [2.45, 2.75) is 57.9 Å². The molecule has 0 fully saturated rings. The zero-order chi connectivity index (χ0) is 26.3. The first-order valence-corrected chi connectivity index (χ1v) is 11.9. The number of rotatable bonds is 11. The average molecular weight is 508 g/mol. The van der Waals surface area contributed by atoms with Gasteiger partial charge in [-0.05, 0) is 54.3 Å². The van der Waals surface area contributed by atoms with Crippen molar-refractivity contribution in [3.63, 3.8) is 0 Å². The molecule has 1 N–H and O–H groups in total. The third-order valence-corrected chi connectivity index (χ3v) is 5.80. The largest absolute Gasteiger partial charge is 0.458 e. The van der Waals surface area contributed by atoms with Crippen molar-refractivity contribution in [1.29, 1.82) is 0 Å². The monoisotopic (exact) mass is 507 g/mol. The Labute approximate surface area is 208 Å². The van der Waals surface area contributed by atoms with Crippen LogP contribution >= 0.6 is 0 Å². The number of ether oxygens (including phenoxy) is 1. The SMILES string of the molecule is CCCC(O)CN(Cc1cccc(C(F)(F)C(F)(F)F)c1)c1cccc(Oc2cccc(CC)c2)c1. The molecular formula is C28H30F5NO2. The van der Waals surface area contributed by atoms with Gasteiger partial charge >= 0.3 is 12.1 Å². The van der Waals surface area contributed by atoms with Crippen LogP contribution in [-0.4, -0.2) is 23.9 Å². The standard InChI is InChI=1S/C28H30F5NO2/c1-3-8-24(35)19-34(18-21-10-5-11-22(15-21)27(29,30)28(31,32)33)23-12-7-14-26(17-23)36-25-13-6-9-20(4-2)16-25/h5-7,9-17,24,35H,3-4,8,18-19H2,1-2H3. The lowest BCUT2D eigenvalue weighted by Crippen LogP contribution is -2.34. The summed E-state index contributed by atoms with van der Waals surface area (Å²) in [6.07, 6.45) is -4.29. The highest BCUT2D eigenvalue weighted by Crippen LogP contribution is 2.44. The highest BCUT2D eigenvalue weighted by atomic mass is 19.4. The van der Waals surface area contributed by atoms with Crippen LogP contribution in [0.5, 0.6) is 11.5 Å². The normalized spacial score (nSPS) is 12.9. The predicted octanol–water partition coefficient (Wildman–Crippen LogP) is 7.86. The number of aryl methyl sites for hydroxylation is 1. The molecule has 1 atom stereocenters. The van der Waals surface area contributed by atoms with Crippen LogP contribution < -0.4 is 9.64 Å². The van der Waals surface area contributed by atoms with Gasteiger partial charge in [-0.25, -0.2) is 0 Å². The molecule has 36 heavy (non-hydrogen) atoms. The lowest BCUT2D eigenvalue weighted by Gasteiger charge is -2.28. The van der Waals surface area contributed by atoms with Gasteiger partial charge in [0, 0.05) is 30.4 Å². The van der Waals surface area contributed by atoms with E-state index in [9.17, 15) is 27.1 Å². The summed E-state index contributed by atoms with van der Waals surface area (Å²) < 4.78 is 72.6. The number of alkyl halides is 5. The molecule has 3 nitrogen and oxygen atoms in total. The zero-order valence-corrected chi connectivity index (χ0v) is 20.2. The smallest absolute Gasteiger partial charge is 0.457 e. The van der Waals surface area contributed by atoms with E-state index in [0.717, 1.165) is 30.5 Å². The summed E-state index contributed by atoms with van der Waals surface area (Å²) in [7, 11) is 0.